The first-order valence-electron chi connectivity index (χ1n) is 10.4. The largest absolute Gasteiger partial charge is 0.454 e. The third-order valence-corrected chi connectivity index (χ3v) is 6.00. The number of nitrogens with one attached hydrogen (secondary N) is 1. The monoisotopic (exact) mass is 425 g/mol. The maximum absolute atomic E-state index is 12.6. The van der Waals surface area contributed by atoms with Gasteiger partial charge in [-0.3, -0.25) is 0 Å². The smallest absolute Gasteiger partial charge is 0.422 e. The molecule has 2 aliphatic rings. The molecule has 0 aliphatic heterocycles. The van der Waals surface area contributed by atoms with Crippen molar-refractivity contribution in [1.82, 2.24) is 20.1 Å². The number of nitrogens with zero attached hydrogens (tertiary/aromatic N) is 4. The minimum Gasteiger partial charge on any atom is -0.454 e. The first-order chi connectivity index (χ1) is 14.3. The molecule has 2 aliphatic carbocycles. The van der Waals surface area contributed by atoms with Crippen molar-refractivity contribution in [3.8, 4) is 6.01 Å². The van der Waals surface area contributed by atoms with Crippen LogP contribution in [0.2, 0.25) is 0 Å². The number of ether oxygens (including phenoxy) is 1. The summed E-state index contributed by atoms with van der Waals surface area (Å²) in [7, 11) is 0. The van der Waals surface area contributed by atoms with Crippen LogP contribution in [0.3, 0.4) is 0 Å². The van der Waals surface area contributed by atoms with Gasteiger partial charge in [-0.05, 0) is 43.9 Å². The van der Waals surface area contributed by atoms with Crippen molar-refractivity contribution in [2.45, 2.75) is 64.6 Å². The van der Waals surface area contributed by atoms with E-state index in [1.54, 1.807) is 13.0 Å². The van der Waals surface area contributed by atoms with Crippen LogP contribution < -0.4 is 10.1 Å². The second-order valence-electron chi connectivity index (χ2n) is 8.38. The number of anilines is 1. The lowest BCUT2D eigenvalue weighted by atomic mass is 9.75. The summed E-state index contributed by atoms with van der Waals surface area (Å²) in [5, 5.41) is 6.86. The summed E-state index contributed by atoms with van der Waals surface area (Å²) in [5.74, 6) is 3.34. The van der Waals surface area contributed by atoms with Gasteiger partial charge < -0.3 is 14.6 Å². The number of aromatic nitrogens is 4. The van der Waals surface area contributed by atoms with Gasteiger partial charge in [0.2, 0.25) is 5.95 Å². The average molecular weight is 425 g/mol. The molecule has 0 saturated heterocycles. The highest BCUT2D eigenvalue weighted by molar-refractivity contribution is 5.27. The van der Waals surface area contributed by atoms with E-state index in [1.807, 2.05) is 0 Å². The van der Waals surface area contributed by atoms with Crippen LogP contribution >= 0.6 is 0 Å². The quantitative estimate of drug-likeness (QED) is 0.700. The highest BCUT2D eigenvalue weighted by atomic mass is 19.4. The van der Waals surface area contributed by atoms with Crippen molar-refractivity contribution in [2.24, 2.45) is 17.8 Å². The summed E-state index contributed by atoms with van der Waals surface area (Å²) in [5.41, 5.74) is 0.645. The third kappa shape index (κ3) is 5.60. The molecule has 2 fully saturated rings. The van der Waals surface area contributed by atoms with Gasteiger partial charge in [-0.2, -0.15) is 28.1 Å². The standard InChI is InChI=1S/C20H26F3N5O2/c1-12-7-16(28-30-12)10-24-18-25-17(26-19(27-18)29-11-20(21,22)23)9-13-5-6-14-3-2-4-15(14)8-13/h7,13-15H,2-6,8-11H2,1H3,(H,24,25,26,27). The van der Waals surface area contributed by atoms with Crippen LogP contribution in [0.25, 0.3) is 0 Å². The number of halogens is 3. The molecule has 10 heteroatoms. The summed E-state index contributed by atoms with van der Waals surface area (Å²) in [6.07, 6.45) is 3.53. The Morgan fingerprint density at radius 2 is 1.97 bits per heavy atom. The predicted molar refractivity (Wildman–Crippen MR) is 102 cm³/mol. The van der Waals surface area contributed by atoms with Crippen LogP contribution in [0.1, 0.15) is 55.8 Å². The lowest BCUT2D eigenvalue weighted by Gasteiger charge is -2.31. The number of fused-ring (bicyclic) bond motifs is 1. The van der Waals surface area contributed by atoms with Crippen molar-refractivity contribution >= 4 is 5.95 Å². The molecule has 7 nitrogen and oxygen atoms in total. The Morgan fingerprint density at radius 1 is 1.13 bits per heavy atom. The fraction of sp³-hybridized carbons (Fsp3) is 0.700. The maximum atomic E-state index is 12.6. The topological polar surface area (TPSA) is 86.0 Å². The van der Waals surface area contributed by atoms with E-state index in [9.17, 15) is 13.2 Å². The summed E-state index contributed by atoms with van der Waals surface area (Å²) in [4.78, 5) is 12.6. The van der Waals surface area contributed by atoms with Gasteiger partial charge in [0, 0.05) is 12.5 Å². The first kappa shape index (κ1) is 20.9. The van der Waals surface area contributed by atoms with E-state index in [0.717, 1.165) is 24.7 Å². The highest BCUT2D eigenvalue weighted by Crippen LogP contribution is 2.44. The molecule has 3 unspecified atom stereocenters. The summed E-state index contributed by atoms with van der Waals surface area (Å²) in [6.45, 7) is 0.623. The van der Waals surface area contributed by atoms with E-state index in [0.29, 0.717) is 29.6 Å². The van der Waals surface area contributed by atoms with Crippen LogP contribution in [0.4, 0.5) is 19.1 Å². The van der Waals surface area contributed by atoms with Gasteiger partial charge in [-0.15, -0.1) is 0 Å². The molecule has 0 amide bonds. The Kier molecular flexibility index (Phi) is 6.10. The van der Waals surface area contributed by atoms with E-state index in [2.05, 4.69) is 25.4 Å². The fourth-order valence-electron chi connectivity index (χ4n) is 4.69. The Balaban J connectivity index is 1.45. The van der Waals surface area contributed by atoms with Gasteiger partial charge >= 0.3 is 12.2 Å². The Bertz CT molecular complexity index is 857. The Labute approximate surface area is 172 Å². The maximum Gasteiger partial charge on any atom is 0.422 e. The summed E-state index contributed by atoms with van der Waals surface area (Å²) in [6, 6.07) is 1.45. The molecule has 164 valence electrons. The second kappa shape index (κ2) is 8.77. The van der Waals surface area contributed by atoms with Crippen LogP contribution in [0.5, 0.6) is 6.01 Å². The summed E-state index contributed by atoms with van der Waals surface area (Å²) >= 11 is 0. The van der Waals surface area contributed by atoms with Crippen LogP contribution in [0, 0.1) is 24.7 Å². The molecule has 0 bridgehead atoms. The van der Waals surface area contributed by atoms with E-state index in [1.165, 1.54) is 25.7 Å². The minimum absolute atomic E-state index is 0.173. The molecule has 2 saturated carbocycles. The Morgan fingerprint density at radius 3 is 2.73 bits per heavy atom. The molecule has 4 rings (SSSR count). The van der Waals surface area contributed by atoms with Gasteiger partial charge in [0.05, 0.1) is 6.54 Å². The lowest BCUT2D eigenvalue weighted by Crippen LogP contribution is -2.24. The first-order valence-corrected chi connectivity index (χ1v) is 10.4. The van der Waals surface area contributed by atoms with Crippen LogP contribution in [-0.4, -0.2) is 32.9 Å². The molecule has 2 aromatic heterocycles. The lowest BCUT2D eigenvalue weighted by molar-refractivity contribution is -0.154. The second-order valence-corrected chi connectivity index (χ2v) is 8.38. The minimum atomic E-state index is -4.46. The van der Waals surface area contributed by atoms with E-state index in [4.69, 9.17) is 9.26 Å². The van der Waals surface area contributed by atoms with E-state index >= 15 is 0 Å². The zero-order valence-corrected chi connectivity index (χ0v) is 16.9. The van der Waals surface area contributed by atoms with E-state index < -0.39 is 12.8 Å². The molecule has 2 heterocycles. The molecule has 3 atom stereocenters. The van der Waals surface area contributed by atoms with Crippen molar-refractivity contribution in [3.05, 3.63) is 23.3 Å². The molecule has 30 heavy (non-hydrogen) atoms. The van der Waals surface area contributed by atoms with Crippen molar-refractivity contribution in [3.63, 3.8) is 0 Å². The van der Waals surface area contributed by atoms with Crippen molar-refractivity contribution in [2.75, 3.05) is 11.9 Å². The molecule has 1 N–H and O–H groups in total. The average Bonchev–Trinajstić information content (AvgIpc) is 3.32. The van der Waals surface area contributed by atoms with Gasteiger partial charge in [0.1, 0.15) is 17.3 Å². The highest BCUT2D eigenvalue weighted by Gasteiger charge is 2.34. The van der Waals surface area contributed by atoms with Crippen molar-refractivity contribution < 1.29 is 22.4 Å². The van der Waals surface area contributed by atoms with Gasteiger partial charge in [0.25, 0.3) is 0 Å². The molecular weight excluding hydrogens is 399 g/mol. The van der Waals surface area contributed by atoms with Crippen molar-refractivity contribution in [1.29, 1.82) is 0 Å². The molecule has 0 aromatic carbocycles. The third-order valence-electron chi connectivity index (χ3n) is 6.00. The summed E-state index contributed by atoms with van der Waals surface area (Å²) < 4.78 is 47.6. The molecule has 2 aromatic rings. The molecule has 0 radical (unpaired) electrons. The van der Waals surface area contributed by atoms with Crippen LogP contribution in [-0.2, 0) is 13.0 Å². The van der Waals surface area contributed by atoms with Gasteiger partial charge in [0.15, 0.2) is 6.61 Å². The normalized spacial score (nSPS) is 23.9. The zero-order valence-electron chi connectivity index (χ0n) is 16.9. The number of hydrogen-bond donors (Lipinski definition) is 1. The van der Waals surface area contributed by atoms with Gasteiger partial charge in [-0.25, -0.2) is 0 Å². The predicted octanol–water partition coefficient (Wildman–Crippen LogP) is 4.48. The number of hydrogen-bond acceptors (Lipinski definition) is 7. The SMILES string of the molecule is Cc1cc(CNc2nc(CC3CCC4CCCC4C3)nc(OCC(F)(F)F)n2)no1. The fourth-order valence-corrected chi connectivity index (χ4v) is 4.69. The number of aryl methyl sites for hydroxylation is 1. The number of rotatable bonds is 7. The van der Waals surface area contributed by atoms with Crippen LogP contribution in [0.15, 0.2) is 10.6 Å². The molecular formula is C20H26F3N5O2. The number of alkyl halides is 3. The zero-order chi connectivity index (χ0) is 21.1. The van der Waals surface area contributed by atoms with Gasteiger partial charge in [-0.1, -0.05) is 24.4 Å². The Hall–Kier alpha value is -2.39. The molecule has 0 spiro atoms. The van der Waals surface area contributed by atoms with E-state index in [-0.39, 0.29) is 18.5 Å².